The van der Waals surface area contributed by atoms with Crippen molar-refractivity contribution in [3.05, 3.63) is 88.4 Å². The Hall–Kier alpha value is -3.91. The fraction of sp³-hybridized carbons (Fsp3) is 0.300. The minimum atomic E-state index is -4.69. The first-order chi connectivity index (χ1) is 19.5. The van der Waals surface area contributed by atoms with Crippen molar-refractivity contribution in [1.29, 1.82) is 5.26 Å². The molecule has 1 fully saturated rings. The Kier molecular flexibility index (Phi) is 9.65. The molecule has 1 aliphatic rings. The van der Waals surface area contributed by atoms with E-state index in [-0.39, 0.29) is 31.2 Å². The molecule has 11 heteroatoms. The lowest BCUT2D eigenvalue weighted by atomic mass is 10.0. The predicted octanol–water partition coefficient (Wildman–Crippen LogP) is 4.97. The van der Waals surface area contributed by atoms with Crippen molar-refractivity contribution in [1.82, 2.24) is 9.80 Å². The lowest BCUT2D eigenvalue weighted by Gasteiger charge is -2.25. The van der Waals surface area contributed by atoms with Crippen LogP contribution in [-0.4, -0.2) is 65.5 Å². The van der Waals surface area contributed by atoms with Crippen LogP contribution in [0.5, 0.6) is 0 Å². The highest BCUT2D eigenvalue weighted by molar-refractivity contribution is 6.31. The van der Waals surface area contributed by atoms with Crippen LogP contribution in [-0.2, 0) is 22.2 Å². The number of nitrogens with one attached hydrogen (secondary N) is 1. The lowest BCUT2D eigenvalue weighted by Crippen LogP contribution is -2.44. The van der Waals surface area contributed by atoms with Gasteiger partial charge in [0.2, 0.25) is 11.8 Å². The minimum Gasteiger partial charge on any atom is -0.392 e. The van der Waals surface area contributed by atoms with E-state index in [1.807, 2.05) is 36.4 Å². The molecule has 0 aromatic heterocycles. The summed E-state index contributed by atoms with van der Waals surface area (Å²) in [5.74, 6) is -0.978. The number of β-amino-alcohol motifs (C(OH)–C–C–N with tert-alkyl or cyclic N) is 1. The number of rotatable bonds is 9. The van der Waals surface area contributed by atoms with Crippen molar-refractivity contribution < 1.29 is 27.9 Å². The second kappa shape index (κ2) is 13.2. The zero-order valence-corrected chi connectivity index (χ0v) is 22.8. The number of halogens is 4. The predicted molar refractivity (Wildman–Crippen MR) is 149 cm³/mol. The molecule has 0 aliphatic carbocycles. The molecule has 3 aromatic carbocycles. The van der Waals surface area contributed by atoms with Crippen LogP contribution >= 0.6 is 11.6 Å². The number of alkyl halides is 3. The van der Waals surface area contributed by atoms with Crippen LogP contribution in [0.4, 0.5) is 18.9 Å². The minimum absolute atomic E-state index is 0.0116. The van der Waals surface area contributed by atoms with Crippen LogP contribution in [0.15, 0.2) is 66.7 Å². The average molecular weight is 585 g/mol. The van der Waals surface area contributed by atoms with Gasteiger partial charge in [-0.3, -0.25) is 14.5 Å². The van der Waals surface area contributed by atoms with Gasteiger partial charge in [-0.05, 0) is 59.9 Å². The number of nitriles is 1. The fourth-order valence-electron chi connectivity index (χ4n) is 4.63. The van der Waals surface area contributed by atoms with E-state index in [1.165, 1.54) is 11.0 Å². The van der Waals surface area contributed by atoms with E-state index in [2.05, 4.69) is 11.4 Å². The van der Waals surface area contributed by atoms with Gasteiger partial charge in [0.15, 0.2) is 0 Å². The number of carbonyl (C=O) groups is 2. The maximum atomic E-state index is 13.2. The monoisotopic (exact) mass is 584 g/mol. The van der Waals surface area contributed by atoms with Gasteiger partial charge in [0, 0.05) is 25.3 Å². The first-order valence-electron chi connectivity index (χ1n) is 13.0. The van der Waals surface area contributed by atoms with Gasteiger partial charge in [-0.2, -0.15) is 18.4 Å². The van der Waals surface area contributed by atoms with Gasteiger partial charge in [-0.25, -0.2) is 0 Å². The molecule has 1 unspecified atom stereocenters. The van der Waals surface area contributed by atoms with Gasteiger partial charge in [0.25, 0.3) is 0 Å². The summed E-state index contributed by atoms with van der Waals surface area (Å²) in [5, 5.41) is 20.9. The number of hydrogen-bond acceptors (Lipinski definition) is 5. The largest absolute Gasteiger partial charge is 0.417 e. The quantitative estimate of drug-likeness (QED) is 0.370. The second-order valence-electron chi connectivity index (χ2n) is 9.87. The number of aliphatic hydroxyl groups is 1. The average Bonchev–Trinajstić information content (AvgIpc) is 3.35. The summed E-state index contributed by atoms with van der Waals surface area (Å²) in [7, 11) is 0. The smallest absolute Gasteiger partial charge is 0.392 e. The van der Waals surface area contributed by atoms with Gasteiger partial charge in [-0.1, -0.05) is 48.0 Å². The molecule has 4 rings (SSSR count). The summed E-state index contributed by atoms with van der Waals surface area (Å²) in [6.45, 7) is 0.744. The fourth-order valence-corrected chi connectivity index (χ4v) is 4.85. The standard InChI is InChI=1S/C30H28ClF3N4O3/c31-27-9-8-24(15-26(27)30(32,33)34)36-28(40)18-38(29(41)19-37-12-11-25(39)17-37)13-10-20-4-6-22(7-5-20)23-3-1-2-21(14-23)16-35/h1-9,14-15,25,39H,10-13,17-19H2,(H,36,40). The summed E-state index contributed by atoms with van der Waals surface area (Å²) in [4.78, 5) is 29.2. The third-order valence-electron chi connectivity index (χ3n) is 6.80. The Balaban J connectivity index is 1.44. The normalized spacial score (nSPS) is 15.4. The van der Waals surface area contributed by atoms with Crippen molar-refractivity contribution in [3.63, 3.8) is 0 Å². The number of aliphatic hydroxyl groups excluding tert-OH is 1. The van der Waals surface area contributed by atoms with Gasteiger partial charge < -0.3 is 15.3 Å². The van der Waals surface area contributed by atoms with Crippen molar-refractivity contribution in [3.8, 4) is 17.2 Å². The molecular formula is C30H28ClF3N4O3. The molecule has 2 amide bonds. The Morgan fingerprint density at radius 2 is 1.85 bits per heavy atom. The highest BCUT2D eigenvalue weighted by Crippen LogP contribution is 2.36. The Labute approximate surface area is 240 Å². The van der Waals surface area contributed by atoms with E-state index in [4.69, 9.17) is 16.9 Å². The molecule has 1 heterocycles. The maximum Gasteiger partial charge on any atom is 0.417 e. The number of anilines is 1. The molecule has 0 spiro atoms. The van der Waals surface area contributed by atoms with E-state index in [9.17, 15) is 27.9 Å². The second-order valence-corrected chi connectivity index (χ2v) is 10.3. The molecule has 1 saturated heterocycles. The van der Waals surface area contributed by atoms with E-state index in [0.717, 1.165) is 28.8 Å². The van der Waals surface area contributed by atoms with Crippen LogP contribution in [0, 0.1) is 11.3 Å². The van der Waals surface area contributed by atoms with E-state index in [0.29, 0.717) is 31.5 Å². The van der Waals surface area contributed by atoms with Gasteiger partial charge in [0.1, 0.15) is 0 Å². The summed E-state index contributed by atoms with van der Waals surface area (Å²) >= 11 is 5.67. The molecule has 7 nitrogen and oxygen atoms in total. The van der Waals surface area contributed by atoms with E-state index >= 15 is 0 Å². The summed E-state index contributed by atoms with van der Waals surface area (Å²) in [6.07, 6.45) is -4.22. The van der Waals surface area contributed by atoms with Crippen LogP contribution in [0.25, 0.3) is 11.1 Å². The van der Waals surface area contributed by atoms with Crippen LogP contribution in [0.2, 0.25) is 5.02 Å². The molecule has 1 atom stereocenters. The molecular weight excluding hydrogens is 557 g/mol. The number of carbonyl (C=O) groups excluding carboxylic acids is 2. The summed E-state index contributed by atoms with van der Waals surface area (Å²) in [6, 6.07) is 20.1. The van der Waals surface area contributed by atoms with Crippen molar-refractivity contribution in [2.24, 2.45) is 0 Å². The zero-order valence-electron chi connectivity index (χ0n) is 22.0. The van der Waals surface area contributed by atoms with Gasteiger partial charge in [0.05, 0.1) is 41.4 Å². The summed E-state index contributed by atoms with van der Waals surface area (Å²) < 4.78 is 39.7. The molecule has 3 aromatic rings. The maximum absolute atomic E-state index is 13.2. The highest BCUT2D eigenvalue weighted by atomic mass is 35.5. The van der Waals surface area contributed by atoms with Crippen molar-refractivity contribution >= 4 is 29.1 Å². The first kappa shape index (κ1) is 30.1. The zero-order chi connectivity index (χ0) is 29.6. The lowest BCUT2D eigenvalue weighted by molar-refractivity contribution is -0.137. The molecule has 0 saturated carbocycles. The molecule has 0 radical (unpaired) electrons. The molecule has 1 aliphatic heterocycles. The first-order valence-corrected chi connectivity index (χ1v) is 13.3. The summed E-state index contributed by atoms with van der Waals surface area (Å²) in [5.41, 5.74) is 2.13. The third kappa shape index (κ3) is 8.30. The number of hydrogen-bond donors (Lipinski definition) is 2. The SMILES string of the molecule is N#Cc1cccc(-c2ccc(CCN(CC(=O)Nc3ccc(Cl)c(C(F)(F)F)c3)C(=O)CN3CCC(O)C3)cc2)c1. The van der Waals surface area contributed by atoms with Crippen molar-refractivity contribution in [2.45, 2.75) is 25.1 Å². The number of nitrogens with zero attached hydrogens (tertiary/aromatic N) is 3. The van der Waals surface area contributed by atoms with Gasteiger partial charge >= 0.3 is 6.18 Å². The van der Waals surface area contributed by atoms with Crippen LogP contribution in [0.1, 0.15) is 23.1 Å². The number of benzene rings is 3. The number of likely N-dealkylation sites (tertiary alicyclic amines) is 1. The Bertz CT molecular complexity index is 1440. The molecule has 0 bridgehead atoms. The molecule has 2 N–H and O–H groups in total. The highest BCUT2D eigenvalue weighted by Gasteiger charge is 2.33. The molecule has 214 valence electrons. The van der Waals surface area contributed by atoms with E-state index in [1.54, 1.807) is 17.0 Å². The third-order valence-corrected chi connectivity index (χ3v) is 7.13. The Morgan fingerprint density at radius 1 is 1.10 bits per heavy atom. The number of amides is 2. The van der Waals surface area contributed by atoms with Crippen LogP contribution in [0.3, 0.4) is 0 Å². The van der Waals surface area contributed by atoms with E-state index < -0.39 is 28.8 Å². The van der Waals surface area contributed by atoms with Crippen LogP contribution < -0.4 is 5.32 Å². The topological polar surface area (TPSA) is 96.7 Å². The van der Waals surface area contributed by atoms with Gasteiger partial charge in [-0.15, -0.1) is 0 Å². The van der Waals surface area contributed by atoms with Crippen molar-refractivity contribution in [2.75, 3.05) is 38.0 Å². The Morgan fingerprint density at radius 3 is 2.51 bits per heavy atom. The molecule has 41 heavy (non-hydrogen) atoms.